The molecule has 1 aromatic carbocycles. The first kappa shape index (κ1) is 23.9. The maximum atomic E-state index is 14.7. The number of anilines is 1. The number of nitrogens with one attached hydrogen (secondary N) is 1. The van der Waals surface area contributed by atoms with E-state index in [1.807, 2.05) is 0 Å². The molecule has 0 radical (unpaired) electrons. The maximum absolute atomic E-state index is 14.7. The molecule has 3 aromatic rings. The van der Waals surface area contributed by atoms with Crippen molar-refractivity contribution in [1.82, 2.24) is 18.9 Å². The third kappa shape index (κ3) is 4.23. The van der Waals surface area contributed by atoms with Crippen molar-refractivity contribution in [1.29, 1.82) is 0 Å². The molecule has 0 spiro atoms. The molecule has 1 saturated carbocycles. The van der Waals surface area contributed by atoms with E-state index >= 15 is 0 Å². The average Bonchev–Trinajstić information content (AvgIpc) is 3.61. The van der Waals surface area contributed by atoms with E-state index in [0.717, 1.165) is 16.8 Å². The Bertz CT molecular complexity index is 1400. The molecule has 14 heteroatoms. The highest BCUT2D eigenvalue weighted by Gasteiger charge is 2.43. The zero-order chi connectivity index (χ0) is 25.1. The molecule has 1 aliphatic heterocycles. The van der Waals surface area contributed by atoms with Crippen molar-refractivity contribution < 1.29 is 35.5 Å². The number of piperidine rings is 1. The average molecular weight is 517 g/mol. The number of β-amino-alcohol motifs (C(OH)–C–C–N with tert-alkyl or cyclic N) is 1. The quantitative estimate of drug-likeness (QED) is 0.488. The fourth-order valence-corrected chi connectivity index (χ4v) is 6.09. The Kier molecular flexibility index (Phi) is 5.92. The minimum atomic E-state index is -3.45. The van der Waals surface area contributed by atoms with E-state index in [1.54, 1.807) is 0 Å². The van der Waals surface area contributed by atoms with Gasteiger partial charge in [-0.25, -0.2) is 39.9 Å². The zero-order valence-corrected chi connectivity index (χ0v) is 18.8. The number of fused-ring (bicyclic) bond motifs is 1. The van der Waals surface area contributed by atoms with Gasteiger partial charge >= 0.3 is 0 Å². The lowest BCUT2D eigenvalue weighted by atomic mass is 10.0. The van der Waals surface area contributed by atoms with Crippen molar-refractivity contribution in [2.75, 3.05) is 18.4 Å². The van der Waals surface area contributed by atoms with Crippen molar-refractivity contribution in [3.05, 3.63) is 47.4 Å². The number of halogens is 5. The summed E-state index contributed by atoms with van der Waals surface area (Å²) in [4.78, 5) is 3.97. The van der Waals surface area contributed by atoms with Gasteiger partial charge in [-0.05, 0) is 31.4 Å². The second-order valence-electron chi connectivity index (χ2n) is 8.59. The maximum Gasteiger partial charge on any atom is 0.266 e. The van der Waals surface area contributed by atoms with Crippen LogP contribution in [0, 0.1) is 17.5 Å². The van der Waals surface area contributed by atoms with E-state index in [4.69, 9.17) is 0 Å². The summed E-state index contributed by atoms with van der Waals surface area (Å²) in [6.07, 6.45) is -1.85. The molecule has 0 amide bonds. The van der Waals surface area contributed by atoms with Gasteiger partial charge in [0.05, 0.1) is 40.4 Å². The summed E-state index contributed by atoms with van der Waals surface area (Å²) < 4.78 is 96.9. The second kappa shape index (κ2) is 8.68. The number of aliphatic hydroxyl groups is 1. The molecule has 1 aliphatic carbocycles. The van der Waals surface area contributed by atoms with Gasteiger partial charge < -0.3 is 10.4 Å². The van der Waals surface area contributed by atoms with Gasteiger partial charge in [-0.2, -0.15) is 4.31 Å². The number of aromatic nitrogens is 3. The first-order valence-corrected chi connectivity index (χ1v) is 12.3. The number of sulfonamides is 1. The SMILES string of the molecule is O=S(=O)(C1CC1)N1CC[C@@H](Nc2ncc3c(F)cc(-c4c(F)ccc(C(F)F)c4F)n3n2)[C@H](O)C1. The van der Waals surface area contributed by atoms with Gasteiger partial charge in [-0.1, -0.05) is 0 Å². The van der Waals surface area contributed by atoms with Gasteiger partial charge in [-0.3, -0.25) is 0 Å². The van der Waals surface area contributed by atoms with E-state index in [-0.39, 0.29) is 31.0 Å². The predicted octanol–water partition coefficient (Wildman–Crippen LogP) is 3.09. The molecule has 2 aromatic heterocycles. The Hall–Kier alpha value is -2.84. The Morgan fingerprint density at radius 3 is 2.51 bits per heavy atom. The zero-order valence-electron chi connectivity index (χ0n) is 18.0. The largest absolute Gasteiger partial charge is 0.390 e. The highest BCUT2D eigenvalue weighted by atomic mass is 32.2. The number of benzene rings is 1. The van der Waals surface area contributed by atoms with Crippen LogP contribution in [0.1, 0.15) is 31.3 Å². The van der Waals surface area contributed by atoms with Gasteiger partial charge in [0.2, 0.25) is 16.0 Å². The number of nitrogens with zero attached hydrogens (tertiary/aromatic N) is 4. The Morgan fingerprint density at radius 1 is 1.11 bits per heavy atom. The third-order valence-electron chi connectivity index (χ3n) is 6.25. The van der Waals surface area contributed by atoms with Gasteiger partial charge in [0.25, 0.3) is 6.43 Å². The molecule has 0 bridgehead atoms. The number of aliphatic hydroxyl groups excluding tert-OH is 1. The topological polar surface area (TPSA) is 99.8 Å². The van der Waals surface area contributed by atoms with Crippen LogP contribution < -0.4 is 5.32 Å². The normalized spacial score (nSPS) is 21.7. The van der Waals surface area contributed by atoms with Crippen LogP contribution in [0.25, 0.3) is 16.8 Å². The summed E-state index contributed by atoms with van der Waals surface area (Å²) in [5.74, 6) is -3.78. The van der Waals surface area contributed by atoms with Crippen LogP contribution in [0.5, 0.6) is 0 Å². The fraction of sp³-hybridized carbons (Fsp3) is 0.429. The van der Waals surface area contributed by atoms with Crippen LogP contribution in [-0.2, 0) is 10.0 Å². The Balaban J connectivity index is 1.44. The standard InChI is InChI=1S/C21H20F5N5O3S/c22-12-4-3-11(20(25)26)19(24)18(12)15-7-13(23)16-8-27-21(29-31(15)16)28-14-5-6-30(9-17(14)32)35(33,34)10-1-2-10/h3-4,7-8,10,14,17,20,32H,1-2,5-6,9H2,(H,28,29)/t14-,17-/m1/s1. The monoisotopic (exact) mass is 517 g/mol. The fourth-order valence-electron chi connectivity index (χ4n) is 4.21. The number of hydrogen-bond donors (Lipinski definition) is 2. The minimum absolute atomic E-state index is 0.126. The van der Waals surface area contributed by atoms with E-state index in [1.165, 1.54) is 4.31 Å². The van der Waals surface area contributed by atoms with Crippen molar-refractivity contribution in [2.24, 2.45) is 0 Å². The van der Waals surface area contributed by atoms with Crippen LogP contribution in [0.2, 0.25) is 0 Å². The smallest absolute Gasteiger partial charge is 0.266 e. The van der Waals surface area contributed by atoms with Crippen LogP contribution in [-0.4, -0.2) is 62.9 Å². The highest BCUT2D eigenvalue weighted by Crippen LogP contribution is 2.35. The molecule has 8 nitrogen and oxygen atoms in total. The van der Waals surface area contributed by atoms with Crippen molar-refractivity contribution >= 4 is 21.5 Å². The molecule has 2 N–H and O–H groups in total. The van der Waals surface area contributed by atoms with E-state index in [2.05, 4.69) is 15.4 Å². The number of rotatable bonds is 6. The molecule has 2 fully saturated rings. The molecule has 5 rings (SSSR count). The van der Waals surface area contributed by atoms with E-state index < -0.39 is 68.1 Å². The highest BCUT2D eigenvalue weighted by molar-refractivity contribution is 7.90. The van der Waals surface area contributed by atoms with Crippen molar-refractivity contribution in [3.63, 3.8) is 0 Å². The minimum Gasteiger partial charge on any atom is -0.390 e. The van der Waals surface area contributed by atoms with E-state index in [9.17, 15) is 35.5 Å². The molecule has 2 atom stereocenters. The van der Waals surface area contributed by atoms with Gasteiger partial charge in [-0.15, -0.1) is 5.10 Å². The third-order valence-corrected chi connectivity index (χ3v) is 8.61. The molecule has 188 valence electrons. The molecule has 35 heavy (non-hydrogen) atoms. The van der Waals surface area contributed by atoms with Crippen LogP contribution in [0.3, 0.4) is 0 Å². The summed E-state index contributed by atoms with van der Waals surface area (Å²) in [5, 5.41) is 17.0. The van der Waals surface area contributed by atoms with Gasteiger partial charge in [0, 0.05) is 19.2 Å². The van der Waals surface area contributed by atoms with Crippen molar-refractivity contribution in [2.45, 2.75) is 43.1 Å². The second-order valence-corrected chi connectivity index (χ2v) is 10.8. The molecule has 0 unspecified atom stereocenters. The lowest BCUT2D eigenvalue weighted by Gasteiger charge is -2.35. The lowest BCUT2D eigenvalue weighted by Crippen LogP contribution is -2.52. The summed E-state index contributed by atoms with van der Waals surface area (Å²) >= 11 is 0. The van der Waals surface area contributed by atoms with Crippen LogP contribution in [0.4, 0.5) is 27.9 Å². The number of alkyl halides is 2. The van der Waals surface area contributed by atoms with Gasteiger partial charge in [0.1, 0.15) is 17.2 Å². The van der Waals surface area contributed by atoms with Crippen LogP contribution >= 0.6 is 0 Å². The lowest BCUT2D eigenvalue weighted by molar-refractivity contribution is 0.0946. The van der Waals surface area contributed by atoms with Crippen molar-refractivity contribution in [3.8, 4) is 11.3 Å². The Labute approximate surface area is 196 Å². The van der Waals surface area contributed by atoms with E-state index in [0.29, 0.717) is 25.0 Å². The summed E-state index contributed by atoms with van der Waals surface area (Å²) in [6.45, 7) is 0.0367. The van der Waals surface area contributed by atoms with Crippen LogP contribution in [0.15, 0.2) is 24.4 Å². The van der Waals surface area contributed by atoms with Gasteiger partial charge in [0.15, 0.2) is 5.82 Å². The first-order chi connectivity index (χ1) is 16.6. The first-order valence-electron chi connectivity index (χ1n) is 10.8. The number of hydrogen-bond acceptors (Lipinski definition) is 6. The Morgan fingerprint density at radius 2 is 1.86 bits per heavy atom. The summed E-state index contributed by atoms with van der Waals surface area (Å²) in [5.41, 5.74) is -2.60. The summed E-state index contributed by atoms with van der Waals surface area (Å²) in [6, 6.07) is 1.39. The predicted molar refractivity (Wildman–Crippen MR) is 115 cm³/mol. The molecule has 1 saturated heterocycles. The molecule has 2 aliphatic rings. The molecular formula is C21H20F5N5O3S. The molecule has 3 heterocycles. The summed E-state index contributed by atoms with van der Waals surface area (Å²) in [7, 11) is -3.45. The molecular weight excluding hydrogens is 497 g/mol.